The molecule has 1 rings (SSSR count). The SMILES string of the molecule is C=C(C)C(=O)OC.C=CC(=O)OCC.CC=Cc1ccccc1. The minimum absolute atomic E-state index is 0.347. The van der Waals surface area contributed by atoms with Crippen molar-refractivity contribution < 1.29 is 19.1 Å². The molecule has 0 aliphatic rings. The monoisotopic (exact) mass is 318 g/mol. The molecule has 4 heteroatoms. The van der Waals surface area contributed by atoms with Gasteiger partial charge in [-0.3, -0.25) is 0 Å². The molecule has 23 heavy (non-hydrogen) atoms. The van der Waals surface area contributed by atoms with Crippen molar-refractivity contribution in [3.05, 3.63) is 66.8 Å². The number of hydrogen-bond donors (Lipinski definition) is 0. The lowest BCUT2D eigenvalue weighted by Crippen LogP contribution is -1.98. The summed E-state index contributed by atoms with van der Waals surface area (Å²) in [5.74, 6) is -0.706. The average Bonchev–Trinajstić information content (AvgIpc) is 2.56. The Labute approximate surface area is 139 Å². The third-order valence-corrected chi connectivity index (χ3v) is 2.15. The van der Waals surface area contributed by atoms with Crippen molar-refractivity contribution in [3.63, 3.8) is 0 Å². The highest BCUT2D eigenvalue weighted by Gasteiger charge is 1.95. The van der Waals surface area contributed by atoms with Gasteiger partial charge in [-0.05, 0) is 26.3 Å². The maximum Gasteiger partial charge on any atom is 0.332 e. The molecule has 0 unspecified atom stereocenters. The topological polar surface area (TPSA) is 52.6 Å². The zero-order valence-corrected chi connectivity index (χ0v) is 14.4. The van der Waals surface area contributed by atoms with Crippen molar-refractivity contribution in [2.75, 3.05) is 13.7 Å². The molecule has 126 valence electrons. The van der Waals surface area contributed by atoms with Crippen LogP contribution >= 0.6 is 0 Å². The van der Waals surface area contributed by atoms with E-state index < -0.39 is 0 Å². The first-order valence-electron chi connectivity index (χ1n) is 7.13. The molecular weight excluding hydrogens is 292 g/mol. The lowest BCUT2D eigenvalue weighted by molar-refractivity contribution is -0.137. The standard InChI is InChI=1S/C9H10.2C5H8O2/c1-2-6-9-7-4-3-5-8-9;1-4(2)5(6)7-3;1-3-5(6)7-4-2/h2-8H,1H3;1H2,2-3H3;3H,1,4H2,2H3. The van der Waals surface area contributed by atoms with E-state index in [9.17, 15) is 9.59 Å². The van der Waals surface area contributed by atoms with Crippen molar-refractivity contribution in [2.24, 2.45) is 0 Å². The maximum absolute atomic E-state index is 10.2. The molecule has 0 N–H and O–H groups in total. The summed E-state index contributed by atoms with van der Waals surface area (Å²) < 4.78 is 8.71. The van der Waals surface area contributed by atoms with E-state index in [0.29, 0.717) is 12.2 Å². The van der Waals surface area contributed by atoms with Gasteiger partial charge < -0.3 is 9.47 Å². The number of ether oxygens (including phenoxy) is 2. The molecule has 0 saturated heterocycles. The van der Waals surface area contributed by atoms with Crippen LogP contribution in [-0.4, -0.2) is 25.7 Å². The third-order valence-electron chi connectivity index (χ3n) is 2.15. The average molecular weight is 318 g/mol. The van der Waals surface area contributed by atoms with Crippen LogP contribution in [0.4, 0.5) is 0 Å². The van der Waals surface area contributed by atoms with Crippen molar-refractivity contribution in [1.29, 1.82) is 0 Å². The Morgan fingerprint density at radius 3 is 2.04 bits per heavy atom. The Balaban J connectivity index is 0. The number of allylic oxidation sites excluding steroid dienone is 1. The fourth-order valence-electron chi connectivity index (χ4n) is 1.13. The normalized spacial score (nSPS) is 8.70. The van der Waals surface area contributed by atoms with Crippen LogP contribution in [0.1, 0.15) is 26.3 Å². The van der Waals surface area contributed by atoms with Crippen LogP contribution in [0.5, 0.6) is 0 Å². The van der Waals surface area contributed by atoms with Crippen LogP contribution in [0.2, 0.25) is 0 Å². The Bertz CT molecular complexity index is 499. The molecule has 1 aromatic carbocycles. The van der Waals surface area contributed by atoms with Crippen molar-refractivity contribution in [2.45, 2.75) is 20.8 Å². The molecule has 0 amide bonds. The van der Waals surface area contributed by atoms with Crippen LogP contribution in [0.15, 0.2) is 61.2 Å². The predicted octanol–water partition coefficient (Wildman–Crippen LogP) is 4.19. The largest absolute Gasteiger partial charge is 0.466 e. The number of hydrogen-bond acceptors (Lipinski definition) is 4. The van der Waals surface area contributed by atoms with E-state index in [1.165, 1.54) is 12.7 Å². The zero-order chi connectivity index (χ0) is 18.1. The molecule has 0 aliphatic heterocycles. The van der Waals surface area contributed by atoms with Crippen LogP contribution in [0.25, 0.3) is 6.08 Å². The van der Waals surface area contributed by atoms with E-state index in [1.54, 1.807) is 13.8 Å². The van der Waals surface area contributed by atoms with E-state index in [1.807, 2.05) is 31.2 Å². The number of methoxy groups -OCH3 is 1. The van der Waals surface area contributed by atoms with Gasteiger partial charge in [-0.2, -0.15) is 0 Å². The number of carbonyl (C=O) groups is 2. The van der Waals surface area contributed by atoms with Crippen LogP contribution in [-0.2, 0) is 19.1 Å². The molecule has 0 saturated carbocycles. The van der Waals surface area contributed by atoms with Crippen molar-refractivity contribution >= 4 is 18.0 Å². The summed E-state index contributed by atoms with van der Waals surface area (Å²) in [6, 6.07) is 10.3. The fourth-order valence-corrected chi connectivity index (χ4v) is 1.13. The van der Waals surface area contributed by atoms with Gasteiger partial charge in [-0.15, -0.1) is 0 Å². The smallest absolute Gasteiger partial charge is 0.332 e. The Morgan fingerprint density at radius 2 is 1.78 bits per heavy atom. The minimum atomic E-state index is -0.359. The highest BCUT2D eigenvalue weighted by Crippen LogP contribution is 1.99. The predicted molar refractivity (Wildman–Crippen MR) is 94.8 cm³/mol. The van der Waals surface area contributed by atoms with Gasteiger partial charge in [0.05, 0.1) is 13.7 Å². The third kappa shape index (κ3) is 15.6. The van der Waals surface area contributed by atoms with Gasteiger partial charge in [0.2, 0.25) is 0 Å². The van der Waals surface area contributed by atoms with Crippen LogP contribution in [0, 0.1) is 0 Å². The zero-order valence-electron chi connectivity index (χ0n) is 14.4. The highest BCUT2D eigenvalue weighted by molar-refractivity contribution is 5.86. The summed E-state index contributed by atoms with van der Waals surface area (Å²) in [6.07, 6.45) is 5.26. The molecule has 4 nitrogen and oxygen atoms in total. The molecule has 0 bridgehead atoms. The number of carbonyl (C=O) groups excluding carboxylic acids is 2. The van der Waals surface area contributed by atoms with Gasteiger partial charge in [0.25, 0.3) is 0 Å². The molecule has 0 radical (unpaired) electrons. The van der Waals surface area contributed by atoms with E-state index >= 15 is 0 Å². The minimum Gasteiger partial charge on any atom is -0.466 e. The summed E-state index contributed by atoms with van der Waals surface area (Å²) >= 11 is 0. The second kappa shape index (κ2) is 15.8. The summed E-state index contributed by atoms with van der Waals surface area (Å²) in [7, 11) is 1.33. The molecule has 0 atom stereocenters. The first kappa shape index (κ1) is 22.7. The van der Waals surface area contributed by atoms with Gasteiger partial charge in [0, 0.05) is 11.6 Å². The number of esters is 2. The second-order valence-corrected chi connectivity index (χ2v) is 4.14. The fraction of sp³-hybridized carbons (Fsp3) is 0.263. The summed E-state index contributed by atoms with van der Waals surface area (Å²) in [5, 5.41) is 0. The molecule has 0 fully saturated rings. The van der Waals surface area contributed by atoms with E-state index in [0.717, 1.165) is 6.08 Å². The molecule has 0 heterocycles. The first-order valence-corrected chi connectivity index (χ1v) is 7.13. The highest BCUT2D eigenvalue weighted by atomic mass is 16.5. The van der Waals surface area contributed by atoms with E-state index in [2.05, 4.69) is 40.8 Å². The van der Waals surface area contributed by atoms with Crippen molar-refractivity contribution in [1.82, 2.24) is 0 Å². The quantitative estimate of drug-likeness (QED) is 0.617. The Kier molecular flexibility index (Phi) is 15.5. The van der Waals surface area contributed by atoms with Gasteiger partial charge in [-0.1, -0.05) is 55.6 Å². The maximum atomic E-state index is 10.2. The summed E-state index contributed by atoms with van der Waals surface area (Å²) in [5.41, 5.74) is 1.70. The Morgan fingerprint density at radius 1 is 1.22 bits per heavy atom. The molecule has 0 aromatic heterocycles. The van der Waals surface area contributed by atoms with Gasteiger partial charge >= 0.3 is 11.9 Å². The number of benzene rings is 1. The lowest BCUT2D eigenvalue weighted by Gasteiger charge is -1.91. The van der Waals surface area contributed by atoms with E-state index in [-0.39, 0.29) is 11.9 Å². The van der Waals surface area contributed by atoms with E-state index in [4.69, 9.17) is 0 Å². The molecule has 0 aliphatic carbocycles. The molecule has 0 spiro atoms. The van der Waals surface area contributed by atoms with Gasteiger partial charge in [0.1, 0.15) is 0 Å². The van der Waals surface area contributed by atoms with Crippen LogP contribution < -0.4 is 0 Å². The van der Waals surface area contributed by atoms with Crippen LogP contribution in [0.3, 0.4) is 0 Å². The summed E-state index contributed by atoms with van der Waals surface area (Å²) in [4.78, 5) is 20.3. The lowest BCUT2D eigenvalue weighted by atomic mass is 10.2. The van der Waals surface area contributed by atoms with Crippen molar-refractivity contribution in [3.8, 4) is 0 Å². The molecule has 1 aromatic rings. The second-order valence-electron chi connectivity index (χ2n) is 4.14. The molecular formula is C19H26O4. The summed E-state index contributed by atoms with van der Waals surface area (Å²) in [6.45, 7) is 12.4. The number of rotatable bonds is 4. The van der Waals surface area contributed by atoms with Gasteiger partial charge in [-0.25, -0.2) is 9.59 Å². The van der Waals surface area contributed by atoms with Gasteiger partial charge in [0.15, 0.2) is 0 Å². The first-order chi connectivity index (χ1) is 10.9. The Hall–Kier alpha value is -2.62.